The number of nitrogens with zero attached hydrogens (tertiary/aromatic N) is 2. The molecule has 0 spiro atoms. The highest BCUT2D eigenvalue weighted by Gasteiger charge is 2.33. The number of benzene rings is 2. The monoisotopic (exact) mass is 515 g/mol. The van der Waals surface area contributed by atoms with Gasteiger partial charge in [0.25, 0.3) is 5.91 Å². The quantitative estimate of drug-likeness (QED) is 0.350. The lowest BCUT2D eigenvalue weighted by Crippen LogP contribution is -2.51. The first-order chi connectivity index (χ1) is 17.1. The second-order valence-electron chi connectivity index (χ2n) is 7.86. The molecule has 194 valence electrons. The van der Waals surface area contributed by atoms with Crippen LogP contribution < -0.4 is 5.32 Å². The van der Waals surface area contributed by atoms with Gasteiger partial charge in [0.2, 0.25) is 11.7 Å². The lowest BCUT2D eigenvalue weighted by atomic mass is 10.1. The van der Waals surface area contributed by atoms with Gasteiger partial charge in [0.1, 0.15) is 18.2 Å². The molecule has 1 aliphatic heterocycles. The zero-order valence-corrected chi connectivity index (χ0v) is 18.8. The topological polar surface area (TPSA) is 99.2 Å². The van der Waals surface area contributed by atoms with Crippen LogP contribution in [0.3, 0.4) is 0 Å². The van der Waals surface area contributed by atoms with Crippen LogP contribution >= 0.6 is 0 Å². The number of nitrogens with one attached hydrogen (secondary N) is 1. The van der Waals surface area contributed by atoms with Crippen molar-refractivity contribution in [1.29, 1.82) is 0 Å². The fraction of sp³-hybridized carbons (Fsp3) is 0.348. The molecule has 2 aromatic rings. The summed E-state index contributed by atoms with van der Waals surface area (Å²) < 4.78 is 73.2. The van der Waals surface area contributed by atoms with Gasteiger partial charge in [0, 0.05) is 26.2 Å². The van der Waals surface area contributed by atoms with Crippen molar-refractivity contribution in [3.05, 3.63) is 70.5 Å². The predicted molar refractivity (Wildman–Crippen MR) is 114 cm³/mol. The number of halogens is 5. The molecule has 1 fully saturated rings. The molecule has 0 bridgehead atoms. The Morgan fingerprint density at radius 3 is 2.03 bits per heavy atom. The Morgan fingerprint density at radius 1 is 0.861 bits per heavy atom. The summed E-state index contributed by atoms with van der Waals surface area (Å²) in [6, 6.07) is 7.24. The lowest BCUT2D eigenvalue weighted by molar-refractivity contribution is -0.134. The molecule has 0 aliphatic carbocycles. The predicted octanol–water partition coefficient (Wildman–Crippen LogP) is 2.34. The first-order valence-electron chi connectivity index (χ1n) is 10.8. The smallest absolute Gasteiger partial charge is 0.410 e. The van der Waals surface area contributed by atoms with Crippen LogP contribution in [0.15, 0.2) is 30.3 Å². The van der Waals surface area contributed by atoms with Gasteiger partial charge >= 0.3 is 6.09 Å². The van der Waals surface area contributed by atoms with Gasteiger partial charge in [0.05, 0.1) is 6.61 Å². The molecule has 3 rings (SSSR count). The van der Waals surface area contributed by atoms with Crippen molar-refractivity contribution >= 4 is 17.9 Å². The Hall–Kier alpha value is -3.74. The van der Waals surface area contributed by atoms with Gasteiger partial charge < -0.3 is 25.0 Å². The summed E-state index contributed by atoms with van der Waals surface area (Å²) in [5.41, 5.74) is -0.992. The van der Waals surface area contributed by atoms with Crippen LogP contribution in [0.25, 0.3) is 0 Å². The van der Waals surface area contributed by atoms with Crippen LogP contribution in [0.2, 0.25) is 0 Å². The van der Waals surface area contributed by atoms with Gasteiger partial charge in [-0.05, 0) is 12.0 Å². The summed E-state index contributed by atoms with van der Waals surface area (Å²) in [4.78, 5) is 40.0. The van der Waals surface area contributed by atoms with Gasteiger partial charge in [-0.3, -0.25) is 9.59 Å². The summed E-state index contributed by atoms with van der Waals surface area (Å²) >= 11 is 0. The largest absolute Gasteiger partial charge is 0.445 e. The molecule has 36 heavy (non-hydrogen) atoms. The van der Waals surface area contributed by atoms with Crippen molar-refractivity contribution in [2.45, 2.75) is 19.1 Å². The molecule has 8 nitrogen and oxygen atoms in total. The van der Waals surface area contributed by atoms with Gasteiger partial charge in [-0.15, -0.1) is 0 Å². The number of hydrogen-bond acceptors (Lipinski definition) is 5. The van der Waals surface area contributed by atoms with Crippen LogP contribution in [0, 0.1) is 29.1 Å². The molecule has 1 atom stereocenters. The van der Waals surface area contributed by atoms with E-state index in [1.54, 1.807) is 24.3 Å². The second-order valence-corrected chi connectivity index (χ2v) is 7.86. The van der Waals surface area contributed by atoms with E-state index in [9.17, 15) is 41.4 Å². The SMILES string of the molecule is O=C(N[C@@H](CO)C(=O)N1CCCN(C(=O)OCc2ccccc2)CC1)c1c(F)c(F)c(F)c(F)c1F. The van der Waals surface area contributed by atoms with Crippen molar-refractivity contribution in [2.24, 2.45) is 0 Å². The Labute approximate surface area is 202 Å². The summed E-state index contributed by atoms with van der Waals surface area (Å²) in [5, 5.41) is 11.4. The van der Waals surface area contributed by atoms with Gasteiger partial charge in [-0.2, -0.15) is 0 Å². The van der Waals surface area contributed by atoms with E-state index in [1.807, 2.05) is 11.4 Å². The van der Waals surface area contributed by atoms with E-state index < -0.39 is 65.2 Å². The zero-order valence-electron chi connectivity index (χ0n) is 18.8. The third-order valence-electron chi connectivity index (χ3n) is 5.49. The highest BCUT2D eigenvalue weighted by atomic mass is 19.2. The standard InChI is InChI=1S/C23H22F5N3O5/c24-16-15(17(25)19(27)20(28)18(16)26)21(33)29-14(11-32)22(34)30-7-4-8-31(10-9-30)23(35)36-12-13-5-2-1-3-6-13/h1-3,5-6,14,32H,4,7-12H2,(H,29,33)/t14-/m0/s1. The molecular formula is C23H22F5N3O5. The fourth-order valence-corrected chi connectivity index (χ4v) is 3.57. The maximum absolute atomic E-state index is 13.9. The lowest BCUT2D eigenvalue weighted by Gasteiger charge is -2.26. The summed E-state index contributed by atoms with van der Waals surface area (Å²) in [5.74, 6) is -14.5. The van der Waals surface area contributed by atoms with Crippen molar-refractivity contribution in [2.75, 3.05) is 32.8 Å². The van der Waals surface area contributed by atoms with E-state index in [2.05, 4.69) is 0 Å². The highest BCUT2D eigenvalue weighted by Crippen LogP contribution is 2.23. The summed E-state index contributed by atoms with van der Waals surface area (Å²) in [6.45, 7) is -0.569. The first kappa shape index (κ1) is 26.9. The van der Waals surface area contributed by atoms with Crippen molar-refractivity contribution < 1.29 is 46.2 Å². The molecule has 2 N–H and O–H groups in total. The number of rotatable bonds is 6. The average molecular weight is 515 g/mol. The molecule has 0 saturated carbocycles. The number of aliphatic hydroxyl groups excluding tert-OH is 1. The van der Waals surface area contributed by atoms with Crippen LogP contribution in [0.1, 0.15) is 22.3 Å². The third-order valence-corrected chi connectivity index (χ3v) is 5.49. The van der Waals surface area contributed by atoms with Gasteiger partial charge in [0.15, 0.2) is 23.3 Å². The Kier molecular flexibility index (Phi) is 8.80. The minimum Gasteiger partial charge on any atom is -0.445 e. The van der Waals surface area contributed by atoms with Crippen LogP contribution in [-0.2, 0) is 16.1 Å². The minimum absolute atomic E-state index is 0.0197. The third kappa shape index (κ3) is 5.90. The molecule has 2 aromatic carbocycles. The van der Waals surface area contributed by atoms with Crippen LogP contribution in [0.4, 0.5) is 26.7 Å². The summed E-state index contributed by atoms with van der Waals surface area (Å²) in [6.07, 6.45) is -0.290. The Bertz CT molecular complexity index is 1110. The van der Waals surface area contributed by atoms with E-state index in [4.69, 9.17) is 4.74 Å². The maximum Gasteiger partial charge on any atom is 0.410 e. The average Bonchev–Trinajstić information content (AvgIpc) is 3.15. The van der Waals surface area contributed by atoms with Crippen molar-refractivity contribution in [1.82, 2.24) is 15.1 Å². The maximum atomic E-state index is 13.9. The molecule has 0 aromatic heterocycles. The van der Waals surface area contributed by atoms with E-state index in [0.29, 0.717) is 6.42 Å². The number of carbonyl (C=O) groups is 3. The molecular weight excluding hydrogens is 493 g/mol. The van der Waals surface area contributed by atoms with Crippen LogP contribution in [0.5, 0.6) is 0 Å². The number of carbonyl (C=O) groups excluding carboxylic acids is 3. The highest BCUT2D eigenvalue weighted by molar-refractivity contribution is 5.98. The van der Waals surface area contributed by atoms with Crippen molar-refractivity contribution in [3.8, 4) is 0 Å². The van der Waals surface area contributed by atoms with Crippen molar-refractivity contribution in [3.63, 3.8) is 0 Å². The molecule has 0 radical (unpaired) electrons. The van der Waals surface area contributed by atoms with E-state index in [1.165, 1.54) is 9.80 Å². The fourth-order valence-electron chi connectivity index (χ4n) is 3.57. The number of amides is 3. The molecule has 3 amide bonds. The molecule has 1 saturated heterocycles. The van der Waals surface area contributed by atoms with E-state index in [0.717, 1.165) is 5.56 Å². The summed E-state index contributed by atoms with van der Waals surface area (Å²) in [7, 11) is 0. The van der Waals surface area contributed by atoms with Gasteiger partial charge in [-0.1, -0.05) is 30.3 Å². The number of hydrogen-bond donors (Lipinski definition) is 2. The number of aliphatic hydroxyl groups is 1. The Balaban J connectivity index is 1.62. The van der Waals surface area contributed by atoms with Crippen LogP contribution in [-0.4, -0.2) is 71.6 Å². The second kappa shape index (κ2) is 11.8. The first-order valence-corrected chi connectivity index (χ1v) is 10.8. The normalized spacial score (nSPS) is 14.7. The van der Waals surface area contributed by atoms with Gasteiger partial charge in [-0.25, -0.2) is 26.7 Å². The molecule has 13 heteroatoms. The molecule has 0 unspecified atom stereocenters. The number of ether oxygens (including phenoxy) is 1. The van der Waals surface area contributed by atoms with E-state index in [-0.39, 0.29) is 32.8 Å². The Morgan fingerprint density at radius 2 is 1.42 bits per heavy atom. The molecule has 1 aliphatic rings. The molecule has 1 heterocycles. The van der Waals surface area contributed by atoms with E-state index >= 15 is 0 Å². The minimum atomic E-state index is -2.44. The zero-order chi connectivity index (χ0) is 26.4.